The third kappa shape index (κ3) is 4.98. The molecule has 7 nitrogen and oxygen atoms in total. The van der Waals surface area contributed by atoms with Gasteiger partial charge in [0.25, 0.3) is 11.7 Å². The summed E-state index contributed by atoms with van der Waals surface area (Å²) in [4.78, 5) is 31.8. The van der Waals surface area contributed by atoms with E-state index in [1.165, 1.54) is 29.2 Å². The van der Waals surface area contributed by atoms with Crippen molar-refractivity contribution < 1.29 is 28.6 Å². The number of likely N-dealkylation sites (tertiary alicyclic amines) is 1. The molecule has 1 amide bonds. The van der Waals surface area contributed by atoms with Gasteiger partial charge in [0, 0.05) is 24.5 Å². The number of Topliss-reactive ketones (excluding diaryl/α,β-unsaturated/α-hetero) is 1. The molecule has 2 heterocycles. The van der Waals surface area contributed by atoms with Crippen LogP contribution in [0.25, 0.3) is 5.76 Å². The molecule has 1 atom stereocenters. The number of aliphatic hydroxyl groups is 1. The number of rotatable bonds is 9. The fraction of sp³-hybridized carbons (Fsp3) is 0.179. The number of ketones is 1. The van der Waals surface area contributed by atoms with Gasteiger partial charge in [0.1, 0.15) is 18.2 Å². The molecule has 1 aliphatic heterocycles. The normalized spacial score (nSPS) is 16.7. The molecule has 0 spiro atoms. The van der Waals surface area contributed by atoms with Crippen molar-refractivity contribution in [2.45, 2.75) is 19.5 Å². The van der Waals surface area contributed by atoms with Crippen LogP contribution in [0.1, 0.15) is 29.7 Å². The summed E-state index contributed by atoms with van der Waals surface area (Å²) in [6.07, 6.45) is 4.80. The first-order valence-electron chi connectivity index (χ1n) is 11.4. The Balaban J connectivity index is 1.87. The van der Waals surface area contributed by atoms with Gasteiger partial charge >= 0.3 is 0 Å². The van der Waals surface area contributed by atoms with Crippen LogP contribution in [0.15, 0.2) is 85.2 Å². The Bertz CT molecular complexity index is 1310. The van der Waals surface area contributed by atoms with E-state index in [9.17, 15) is 19.1 Å². The van der Waals surface area contributed by atoms with Crippen molar-refractivity contribution in [1.29, 1.82) is 0 Å². The summed E-state index contributed by atoms with van der Waals surface area (Å²) in [5, 5.41) is 11.1. The molecule has 1 saturated heterocycles. The van der Waals surface area contributed by atoms with Crippen molar-refractivity contribution in [2.75, 3.05) is 13.2 Å². The van der Waals surface area contributed by atoms with Gasteiger partial charge in [-0.25, -0.2) is 4.39 Å². The summed E-state index contributed by atoms with van der Waals surface area (Å²) in [5.41, 5.74) is 1.43. The lowest BCUT2D eigenvalue weighted by Gasteiger charge is -2.26. The number of nitrogens with zero attached hydrogens (tertiary/aromatic N) is 2. The molecule has 8 heteroatoms. The molecule has 0 saturated carbocycles. The van der Waals surface area contributed by atoms with Crippen LogP contribution in [0.3, 0.4) is 0 Å². The second-order valence-electron chi connectivity index (χ2n) is 8.03. The van der Waals surface area contributed by atoms with E-state index in [-0.39, 0.29) is 30.0 Å². The number of halogens is 1. The minimum atomic E-state index is -0.920. The van der Waals surface area contributed by atoms with Gasteiger partial charge in [-0.2, -0.15) is 0 Å². The Morgan fingerprint density at radius 1 is 1.08 bits per heavy atom. The van der Waals surface area contributed by atoms with Crippen LogP contribution in [-0.2, 0) is 16.1 Å². The molecule has 3 aromatic rings. The third-order valence-electron chi connectivity index (χ3n) is 5.70. The molecule has 184 valence electrons. The highest BCUT2D eigenvalue weighted by Crippen LogP contribution is 2.42. The second-order valence-corrected chi connectivity index (χ2v) is 8.03. The second kappa shape index (κ2) is 10.9. The average molecular weight is 489 g/mol. The quantitative estimate of drug-likeness (QED) is 0.201. The van der Waals surface area contributed by atoms with Crippen LogP contribution >= 0.6 is 0 Å². The molecular formula is C28H25FN2O5. The molecule has 0 bridgehead atoms. The molecular weight excluding hydrogens is 463 g/mol. The van der Waals surface area contributed by atoms with E-state index in [1.807, 2.05) is 6.92 Å². The lowest BCUT2D eigenvalue weighted by molar-refractivity contribution is -0.140. The Labute approximate surface area is 208 Å². The summed E-state index contributed by atoms with van der Waals surface area (Å²) < 4.78 is 24.9. The summed E-state index contributed by atoms with van der Waals surface area (Å²) >= 11 is 0. The molecule has 1 aromatic heterocycles. The summed E-state index contributed by atoms with van der Waals surface area (Å²) in [6.45, 7) is 6.22. The molecule has 0 radical (unpaired) electrons. The zero-order valence-corrected chi connectivity index (χ0v) is 19.7. The molecule has 0 aliphatic carbocycles. The van der Waals surface area contributed by atoms with Crippen LogP contribution in [-0.4, -0.2) is 39.9 Å². The Hall–Kier alpha value is -4.46. The number of aliphatic hydroxyl groups excluding tert-OH is 1. The number of benzene rings is 2. The predicted octanol–water partition coefficient (Wildman–Crippen LogP) is 4.81. The molecule has 1 unspecified atom stereocenters. The van der Waals surface area contributed by atoms with E-state index in [2.05, 4.69) is 11.6 Å². The number of carbonyl (C=O) groups excluding carboxylic acids is 2. The van der Waals surface area contributed by atoms with Gasteiger partial charge in [0.05, 0.1) is 18.2 Å². The maximum absolute atomic E-state index is 13.5. The number of aromatic nitrogens is 1. The van der Waals surface area contributed by atoms with Gasteiger partial charge in [0.15, 0.2) is 11.5 Å². The molecule has 1 N–H and O–H groups in total. The highest BCUT2D eigenvalue weighted by Gasteiger charge is 2.46. The largest absolute Gasteiger partial charge is 0.507 e. The lowest BCUT2D eigenvalue weighted by atomic mass is 9.94. The Kier molecular flexibility index (Phi) is 7.44. The van der Waals surface area contributed by atoms with Crippen LogP contribution in [0.2, 0.25) is 0 Å². The predicted molar refractivity (Wildman–Crippen MR) is 132 cm³/mol. The highest BCUT2D eigenvalue weighted by molar-refractivity contribution is 6.46. The highest BCUT2D eigenvalue weighted by atomic mass is 19.1. The first-order valence-corrected chi connectivity index (χ1v) is 11.4. The average Bonchev–Trinajstić information content (AvgIpc) is 3.13. The summed E-state index contributed by atoms with van der Waals surface area (Å²) in [5.74, 6) is -1.57. The standard InChI is InChI=1S/C28H25FN2O5/c1-3-15-36-22-10-7-20(16-23(22)35-4-2)25-24(26(32)19-5-8-21(29)9-6-19)27(33)28(34)31(25)17-18-11-13-30-14-12-18/h3,5-14,16,25,32H,1,4,15,17H2,2H3. The van der Waals surface area contributed by atoms with E-state index >= 15 is 0 Å². The van der Waals surface area contributed by atoms with Crippen molar-refractivity contribution in [2.24, 2.45) is 0 Å². The SMILES string of the molecule is C=CCOc1ccc(C2C(=C(O)c3ccc(F)cc3)C(=O)C(=O)N2Cc2ccncc2)cc1OCC. The molecule has 4 rings (SSSR count). The topological polar surface area (TPSA) is 89.0 Å². The summed E-state index contributed by atoms with van der Waals surface area (Å²) in [6, 6.07) is 12.7. The fourth-order valence-electron chi connectivity index (χ4n) is 4.07. The van der Waals surface area contributed by atoms with Crippen molar-refractivity contribution >= 4 is 17.4 Å². The van der Waals surface area contributed by atoms with E-state index in [0.29, 0.717) is 23.7 Å². The Morgan fingerprint density at radius 3 is 2.47 bits per heavy atom. The van der Waals surface area contributed by atoms with Crippen LogP contribution in [0.5, 0.6) is 11.5 Å². The minimum Gasteiger partial charge on any atom is -0.507 e. The minimum absolute atomic E-state index is 0.0946. The maximum atomic E-state index is 13.5. The first kappa shape index (κ1) is 24.7. The molecule has 1 aliphatic rings. The summed E-state index contributed by atoms with van der Waals surface area (Å²) in [7, 11) is 0. The van der Waals surface area contributed by atoms with Crippen molar-refractivity contribution in [1.82, 2.24) is 9.88 Å². The van der Waals surface area contributed by atoms with Gasteiger partial charge in [-0.05, 0) is 66.6 Å². The molecule has 1 fully saturated rings. The zero-order valence-electron chi connectivity index (χ0n) is 19.7. The van der Waals surface area contributed by atoms with Crippen LogP contribution in [0.4, 0.5) is 4.39 Å². The monoisotopic (exact) mass is 488 g/mol. The van der Waals surface area contributed by atoms with Crippen molar-refractivity contribution in [3.8, 4) is 11.5 Å². The van der Waals surface area contributed by atoms with Crippen LogP contribution in [0, 0.1) is 5.82 Å². The van der Waals surface area contributed by atoms with Crippen molar-refractivity contribution in [3.05, 3.63) is 108 Å². The number of hydrogen-bond acceptors (Lipinski definition) is 6. The van der Waals surface area contributed by atoms with E-state index in [0.717, 1.165) is 5.56 Å². The lowest BCUT2D eigenvalue weighted by Crippen LogP contribution is -2.29. The van der Waals surface area contributed by atoms with E-state index in [1.54, 1.807) is 48.8 Å². The van der Waals surface area contributed by atoms with E-state index in [4.69, 9.17) is 9.47 Å². The van der Waals surface area contributed by atoms with Gasteiger partial charge in [-0.3, -0.25) is 14.6 Å². The maximum Gasteiger partial charge on any atom is 0.295 e. The van der Waals surface area contributed by atoms with Crippen LogP contribution < -0.4 is 9.47 Å². The zero-order chi connectivity index (χ0) is 25.7. The Morgan fingerprint density at radius 2 is 1.81 bits per heavy atom. The fourth-order valence-corrected chi connectivity index (χ4v) is 4.07. The van der Waals surface area contributed by atoms with E-state index < -0.39 is 23.5 Å². The number of pyridine rings is 1. The van der Waals surface area contributed by atoms with Crippen molar-refractivity contribution in [3.63, 3.8) is 0 Å². The number of carbonyl (C=O) groups is 2. The van der Waals surface area contributed by atoms with Gasteiger partial charge < -0.3 is 19.5 Å². The molecule has 36 heavy (non-hydrogen) atoms. The van der Waals surface area contributed by atoms with Gasteiger partial charge in [-0.1, -0.05) is 18.7 Å². The van der Waals surface area contributed by atoms with Gasteiger partial charge in [-0.15, -0.1) is 0 Å². The number of ether oxygens (including phenoxy) is 2. The third-order valence-corrected chi connectivity index (χ3v) is 5.70. The number of amides is 1. The molecule has 2 aromatic carbocycles. The van der Waals surface area contributed by atoms with Gasteiger partial charge in [0.2, 0.25) is 0 Å². The first-order chi connectivity index (χ1) is 17.4. The smallest absolute Gasteiger partial charge is 0.295 e. The number of hydrogen-bond donors (Lipinski definition) is 1.